The van der Waals surface area contributed by atoms with Crippen molar-refractivity contribution in [2.75, 3.05) is 26.4 Å². The Morgan fingerprint density at radius 1 is 0.741 bits per heavy atom. The zero-order chi connectivity index (χ0) is 42.7. The third kappa shape index (κ3) is 28.9. The molecule has 1 fully saturated rings. The molecular weight excluding hydrogens is 761 g/mol. The highest BCUT2D eigenvalue weighted by atomic mass is 31.2. The van der Waals surface area contributed by atoms with Crippen LogP contribution in [0.1, 0.15) is 149 Å². The van der Waals surface area contributed by atoms with E-state index < -0.39 is 50.8 Å². The average molecular weight is 840 g/mol. The molecule has 7 atom stereocenters. The second-order valence-electron chi connectivity index (χ2n) is 15.2. The third-order valence-electron chi connectivity index (χ3n) is 9.95. The topological polar surface area (TPSA) is 195 Å². The number of phosphoric ester groups is 1. The minimum absolute atomic E-state index is 0.00538. The summed E-state index contributed by atoms with van der Waals surface area (Å²) >= 11 is 0. The largest absolute Gasteiger partial charge is 0.472 e. The van der Waals surface area contributed by atoms with Crippen LogP contribution in [0.3, 0.4) is 0 Å². The van der Waals surface area contributed by atoms with Crippen LogP contribution in [0, 0.1) is 11.8 Å². The van der Waals surface area contributed by atoms with Gasteiger partial charge >= 0.3 is 19.8 Å². The Morgan fingerprint density at radius 2 is 1.33 bits per heavy atom. The molecule has 0 amide bonds. The number of nitrogens with two attached hydrogens (primary N) is 1. The fraction of sp³-hybridized carbons (Fsp3) is 0.733. The molecule has 0 aromatic heterocycles. The van der Waals surface area contributed by atoms with Crippen molar-refractivity contribution < 1.29 is 52.9 Å². The molecule has 1 aliphatic carbocycles. The molecule has 0 aromatic carbocycles. The number of hydrogen-bond acceptors (Lipinski definition) is 11. The summed E-state index contributed by atoms with van der Waals surface area (Å²) in [4.78, 5) is 35.0. The van der Waals surface area contributed by atoms with Crippen LogP contribution in [0.15, 0.2) is 60.8 Å². The molecule has 12 nitrogen and oxygen atoms in total. The van der Waals surface area contributed by atoms with E-state index in [0.29, 0.717) is 38.5 Å². The van der Waals surface area contributed by atoms with E-state index in [-0.39, 0.29) is 50.9 Å². The van der Waals surface area contributed by atoms with Gasteiger partial charge in [0.25, 0.3) is 0 Å². The molecule has 6 N–H and O–H groups in total. The number of unbranched alkanes of at least 4 members (excludes halogenated alkanes) is 10. The Kier molecular flexibility index (Phi) is 32.7. The maximum absolute atomic E-state index is 12.7. The number of rotatable bonds is 36. The van der Waals surface area contributed by atoms with Crippen molar-refractivity contribution >= 4 is 19.8 Å². The summed E-state index contributed by atoms with van der Waals surface area (Å²) in [5.74, 6) is -1.52. The monoisotopic (exact) mass is 840 g/mol. The van der Waals surface area contributed by atoms with Gasteiger partial charge in [-0.1, -0.05) is 126 Å². The van der Waals surface area contributed by atoms with Crippen LogP contribution in [0.5, 0.6) is 0 Å². The van der Waals surface area contributed by atoms with Gasteiger partial charge in [-0.15, -0.1) is 0 Å². The first-order chi connectivity index (χ1) is 28.0. The summed E-state index contributed by atoms with van der Waals surface area (Å²) in [7, 11) is -4.46. The number of carbonyl (C=O) groups is 2. The molecule has 0 saturated heterocycles. The van der Waals surface area contributed by atoms with Gasteiger partial charge in [0.1, 0.15) is 6.61 Å². The first-order valence-electron chi connectivity index (χ1n) is 22.0. The average Bonchev–Trinajstić information content (AvgIpc) is 3.47. The standard InChI is InChI=1S/C45H78NO11P/c1-3-5-7-8-9-10-11-12-13-14-15-16-17-18-19-20-25-29-44(50)54-36-39(37-56-58(52,53)55-34-33-46)57-45(51)30-26-22-21-24-28-40-41(43(49)35-42(40)48)32-31-38(47)27-23-6-4-2/h12-13,15-16,18-19,21,24,31-32,38-43,47-49H,3-11,14,17,20,22-23,25-30,33-37,46H2,1-2H3,(H,52,53)/b13-12-,16-15-,19-18-,24-21+,32-31+/t38-,39+,40+,41+,42-,43+/m0/s1. The molecule has 0 aromatic rings. The van der Waals surface area contributed by atoms with Crippen molar-refractivity contribution in [3.8, 4) is 0 Å². The lowest BCUT2D eigenvalue weighted by Gasteiger charge is -2.20. The summed E-state index contributed by atoms with van der Waals surface area (Å²) < 4.78 is 32.7. The van der Waals surface area contributed by atoms with Crippen LogP contribution >= 0.6 is 7.82 Å². The molecule has 58 heavy (non-hydrogen) atoms. The highest BCUT2D eigenvalue weighted by Crippen LogP contribution is 2.43. The maximum Gasteiger partial charge on any atom is 0.472 e. The number of aliphatic hydroxyl groups is 3. The molecule has 0 bridgehead atoms. The molecule has 1 saturated carbocycles. The first kappa shape index (κ1) is 53.6. The van der Waals surface area contributed by atoms with Gasteiger partial charge in [-0.3, -0.25) is 18.6 Å². The lowest BCUT2D eigenvalue weighted by molar-refractivity contribution is -0.161. The highest BCUT2D eigenvalue weighted by Gasteiger charge is 2.39. The SMILES string of the molecule is CCCCCCCC/C=C\C/C=C\C/C=C\CCCC(=O)OC[C@H](COP(=O)(O)OCCN)OC(=O)CCC/C=C/C[C@@H]1[C@@H](/C=C/[C@@H](O)CCCCC)[C@H](O)C[C@@H]1O. The van der Waals surface area contributed by atoms with E-state index in [1.165, 1.54) is 38.5 Å². The van der Waals surface area contributed by atoms with Crippen molar-refractivity contribution in [1.29, 1.82) is 0 Å². The van der Waals surface area contributed by atoms with E-state index in [2.05, 4.69) is 44.2 Å². The Labute approximate surface area is 349 Å². The maximum atomic E-state index is 12.7. The normalized spacial score (nSPS) is 20.9. The number of carbonyl (C=O) groups excluding carboxylic acids is 2. The quantitative estimate of drug-likeness (QED) is 0.0174. The minimum atomic E-state index is -4.46. The molecule has 0 heterocycles. The molecule has 334 valence electrons. The van der Waals surface area contributed by atoms with Crippen LogP contribution in [-0.4, -0.2) is 82.9 Å². The summed E-state index contributed by atoms with van der Waals surface area (Å²) in [6, 6.07) is 0. The lowest BCUT2D eigenvalue weighted by atomic mass is 9.89. The second-order valence-corrected chi connectivity index (χ2v) is 16.6. The first-order valence-corrected chi connectivity index (χ1v) is 23.5. The fourth-order valence-corrected chi connectivity index (χ4v) is 7.35. The number of ether oxygens (including phenoxy) is 2. The zero-order valence-electron chi connectivity index (χ0n) is 35.6. The predicted molar refractivity (Wildman–Crippen MR) is 231 cm³/mol. The van der Waals surface area contributed by atoms with Gasteiger partial charge < -0.3 is 35.4 Å². The minimum Gasteiger partial charge on any atom is -0.462 e. The molecule has 0 spiro atoms. The Morgan fingerprint density at radius 3 is 2.00 bits per heavy atom. The Hall–Kier alpha value is -2.41. The molecule has 1 aliphatic rings. The van der Waals surface area contributed by atoms with Crippen LogP contribution in [-0.2, 0) is 32.7 Å². The van der Waals surface area contributed by atoms with E-state index in [1.807, 2.05) is 24.3 Å². The van der Waals surface area contributed by atoms with Crippen molar-refractivity contribution in [2.45, 2.75) is 173 Å². The Balaban J connectivity index is 2.45. The van der Waals surface area contributed by atoms with Crippen molar-refractivity contribution in [3.05, 3.63) is 60.8 Å². The molecular formula is C45H78NO11P. The van der Waals surface area contributed by atoms with E-state index in [4.69, 9.17) is 24.3 Å². The second kappa shape index (κ2) is 35.4. The van der Waals surface area contributed by atoms with Gasteiger partial charge in [0.15, 0.2) is 6.10 Å². The number of aliphatic hydroxyl groups excluding tert-OH is 3. The van der Waals surface area contributed by atoms with Crippen LogP contribution in [0.4, 0.5) is 0 Å². The summed E-state index contributed by atoms with van der Waals surface area (Å²) in [5.41, 5.74) is 5.34. The summed E-state index contributed by atoms with van der Waals surface area (Å²) in [6.45, 7) is 3.27. The van der Waals surface area contributed by atoms with Gasteiger partial charge in [-0.2, -0.15) is 0 Å². The smallest absolute Gasteiger partial charge is 0.462 e. The van der Waals surface area contributed by atoms with Gasteiger partial charge in [0, 0.05) is 31.7 Å². The fourth-order valence-electron chi connectivity index (χ4n) is 6.58. The summed E-state index contributed by atoms with van der Waals surface area (Å²) in [6.07, 6.45) is 35.0. The number of hydrogen-bond donors (Lipinski definition) is 5. The number of allylic oxidation sites excluding steroid dienone is 8. The predicted octanol–water partition coefficient (Wildman–Crippen LogP) is 8.88. The zero-order valence-corrected chi connectivity index (χ0v) is 36.5. The summed E-state index contributed by atoms with van der Waals surface area (Å²) in [5, 5.41) is 31.3. The number of phosphoric acid groups is 1. The van der Waals surface area contributed by atoms with Gasteiger partial charge in [-0.05, 0) is 70.1 Å². The van der Waals surface area contributed by atoms with E-state index in [9.17, 15) is 34.4 Å². The molecule has 0 radical (unpaired) electrons. The molecule has 1 unspecified atom stereocenters. The highest BCUT2D eigenvalue weighted by molar-refractivity contribution is 7.47. The molecule has 1 rings (SSSR count). The van der Waals surface area contributed by atoms with Crippen LogP contribution in [0.2, 0.25) is 0 Å². The van der Waals surface area contributed by atoms with Crippen molar-refractivity contribution in [1.82, 2.24) is 0 Å². The van der Waals surface area contributed by atoms with Crippen LogP contribution < -0.4 is 5.73 Å². The van der Waals surface area contributed by atoms with Crippen molar-refractivity contribution in [3.63, 3.8) is 0 Å². The molecule has 13 heteroatoms. The lowest BCUT2D eigenvalue weighted by Crippen LogP contribution is -2.29. The van der Waals surface area contributed by atoms with Gasteiger partial charge in [0.2, 0.25) is 0 Å². The molecule has 0 aliphatic heterocycles. The van der Waals surface area contributed by atoms with E-state index in [1.54, 1.807) is 6.08 Å². The van der Waals surface area contributed by atoms with Gasteiger partial charge in [0.05, 0.1) is 31.5 Å². The van der Waals surface area contributed by atoms with Crippen molar-refractivity contribution in [2.24, 2.45) is 17.6 Å². The third-order valence-corrected chi connectivity index (χ3v) is 10.9. The number of esters is 2. The van der Waals surface area contributed by atoms with Crippen LogP contribution in [0.25, 0.3) is 0 Å². The van der Waals surface area contributed by atoms with Gasteiger partial charge in [-0.25, -0.2) is 4.57 Å². The van der Waals surface area contributed by atoms with E-state index >= 15 is 0 Å². The Bertz CT molecular complexity index is 1250. The van der Waals surface area contributed by atoms with E-state index in [0.717, 1.165) is 38.5 Å².